The molecule has 6 nitrogen and oxygen atoms in total. The van der Waals surface area contributed by atoms with Gasteiger partial charge in [-0.1, -0.05) is 25.1 Å². The number of anilines is 1. The lowest BCUT2D eigenvalue weighted by Crippen LogP contribution is -2.35. The van der Waals surface area contributed by atoms with Gasteiger partial charge >= 0.3 is 5.97 Å². The molecule has 0 amide bonds. The van der Waals surface area contributed by atoms with Crippen molar-refractivity contribution in [3.63, 3.8) is 0 Å². The van der Waals surface area contributed by atoms with E-state index in [1.54, 1.807) is 6.07 Å². The minimum atomic E-state index is -3.89. The molecule has 0 aromatic heterocycles. The molecule has 0 radical (unpaired) electrons. The summed E-state index contributed by atoms with van der Waals surface area (Å²) in [7, 11) is -2.48. The number of carbonyl (C=O) groups is 1. The summed E-state index contributed by atoms with van der Waals surface area (Å²) in [5.41, 5.74) is 1.85. The number of methoxy groups -OCH3 is 1. The van der Waals surface area contributed by atoms with Crippen LogP contribution in [0.3, 0.4) is 0 Å². The lowest BCUT2D eigenvalue weighted by Gasteiger charge is -2.30. The van der Waals surface area contributed by atoms with Crippen LogP contribution in [0.1, 0.15) is 35.7 Å². The van der Waals surface area contributed by atoms with Crippen molar-refractivity contribution in [1.82, 2.24) is 0 Å². The number of sulfonamides is 1. The fourth-order valence-electron chi connectivity index (χ4n) is 3.15. The number of para-hydroxylation sites is 1. The number of ether oxygens (including phenoxy) is 2. The fraction of sp³-hybridized carbons (Fsp3) is 0.350. The monoisotopic (exact) mass is 389 g/mol. The summed E-state index contributed by atoms with van der Waals surface area (Å²) in [6.07, 6.45) is 2.26. The van der Waals surface area contributed by atoms with E-state index in [1.807, 2.05) is 25.1 Å². The number of carbonyl (C=O) groups excluding carboxylic acids is 1. The minimum Gasteiger partial charge on any atom is -0.495 e. The Morgan fingerprint density at radius 3 is 2.70 bits per heavy atom. The van der Waals surface area contributed by atoms with Crippen LogP contribution >= 0.6 is 0 Å². The molecule has 1 aliphatic rings. The van der Waals surface area contributed by atoms with Gasteiger partial charge < -0.3 is 9.47 Å². The van der Waals surface area contributed by atoms with Gasteiger partial charge in [0.05, 0.1) is 25.0 Å². The highest BCUT2D eigenvalue weighted by Gasteiger charge is 2.32. The molecular weight excluding hydrogens is 366 g/mol. The van der Waals surface area contributed by atoms with E-state index < -0.39 is 16.0 Å². The van der Waals surface area contributed by atoms with Crippen molar-refractivity contribution in [1.29, 1.82) is 0 Å². The molecule has 0 aliphatic carbocycles. The molecule has 0 unspecified atom stereocenters. The van der Waals surface area contributed by atoms with E-state index in [-0.39, 0.29) is 22.8 Å². The Balaban J connectivity index is 2.05. The standard InChI is InChI=1S/C20H23NO5S/c1-3-13-26-20(22)16-10-11-18(25-2)19(14-16)27(23,24)21-12-6-8-15-7-4-5-9-17(15)21/h4-5,7,9-11,14H,3,6,8,12-13H2,1-2H3. The maximum absolute atomic E-state index is 13.4. The second-order valence-electron chi connectivity index (χ2n) is 6.31. The van der Waals surface area contributed by atoms with Gasteiger partial charge in [0.25, 0.3) is 10.0 Å². The maximum atomic E-state index is 13.4. The molecule has 3 rings (SSSR count). The second-order valence-corrected chi connectivity index (χ2v) is 8.14. The molecule has 27 heavy (non-hydrogen) atoms. The number of aryl methyl sites for hydroxylation is 1. The minimum absolute atomic E-state index is 0.0346. The van der Waals surface area contributed by atoms with Crippen LogP contribution in [0.2, 0.25) is 0 Å². The van der Waals surface area contributed by atoms with Gasteiger partial charge in [-0.3, -0.25) is 4.31 Å². The van der Waals surface area contributed by atoms with Gasteiger partial charge in [0.15, 0.2) is 0 Å². The van der Waals surface area contributed by atoms with Crippen LogP contribution in [0.25, 0.3) is 0 Å². The normalized spacial score (nSPS) is 13.8. The van der Waals surface area contributed by atoms with Crippen LogP contribution in [0.5, 0.6) is 5.75 Å². The third kappa shape index (κ3) is 3.78. The van der Waals surface area contributed by atoms with Gasteiger partial charge in [-0.05, 0) is 49.1 Å². The highest BCUT2D eigenvalue weighted by atomic mass is 32.2. The van der Waals surface area contributed by atoms with Crippen LogP contribution in [0, 0.1) is 0 Å². The summed E-state index contributed by atoms with van der Waals surface area (Å²) < 4.78 is 38.6. The SMILES string of the molecule is CCCOC(=O)c1ccc(OC)c(S(=O)(=O)N2CCCc3ccccc32)c1. The summed E-state index contributed by atoms with van der Waals surface area (Å²) in [5, 5.41) is 0. The van der Waals surface area contributed by atoms with E-state index in [0.29, 0.717) is 18.7 Å². The first-order chi connectivity index (χ1) is 13.0. The lowest BCUT2D eigenvalue weighted by molar-refractivity contribution is 0.0504. The zero-order valence-electron chi connectivity index (χ0n) is 15.5. The average molecular weight is 389 g/mol. The number of fused-ring (bicyclic) bond motifs is 1. The molecule has 0 spiro atoms. The van der Waals surface area contributed by atoms with E-state index in [4.69, 9.17) is 9.47 Å². The second kappa shape index (κ2) is 8.00. The number of esters is 1. The molecule has 7 heteroatoms. The topological polar surface area (TPSA) is 72.9 Å². The van der Waals surface area contributed by atoms with Gasteiger partial charge in [0.1, 0.15) is 10.6 Å². The van der Waals surface area contributed by atoms with Crippen molar-refractivity contribution in [3.05, 3.63) is 53.6 Å². The predicted molar refractivity (Wildman–Crippen MR) is 103 cm³/mol. The third-order valence-electron chi connectivity index (χ3n) is 4.47. The fourth-order valence-corrected chi connectivity index (χ4v) is 4.88. The van der Waals surface area contributed by atoms with Crippen molar-refractivity contribution in [2.45, 2.75) is 31.1 Å². The van der Waals surface area contributed by atoms with E-state index in [9.17, 15) is 13.2 Å². The number of benzene rings is 2. The predicted octanol–water partition coefficient (Wildman–Crippen LogP) is 3.40. The molecular formula is C20H23NO5S. The summed E-state index contributed by atoms with van der Waals surface area (Å²) in [6, 6.07) is 11.8. The molecule has 0 bridgehead atoms. The largest absolute Gasteiger partial charge is 0.495 e. The number of hydrogen-bond acceptors (Lipinski definition) is 5. The van der Waals surface area contributed by atoms with E-state index in [1.165, 1.54) is 29.6 Å². The van der Waals surface area contributed by atoms with Gasteiger partial charge in [0, 0.05) is 6.54 Å². The lowest BCUT2D eigenvalue weighted by atomic mass is 10.0. The van der Waals surface area contributed by atoms with Crippen LogP contribution in [0.4, 0.5) is 5.69 Å². The Kier molecular flexibility index (Phi) is 5.70. The third-order valence-corrected chi connectivity index (χ3v) is 6.31. The van der Waals surface area contributed by atoms with Crippen molar-refractivity contribution >= 4 is 21.7 Å². The molecule has 1 heterocycles. The van der Waals surface area contributed by atoms with E-state index in [0.717, 1.165) is 18.4 Å². The first-order valence-electron chi connectivity index (χ1n) is 8.95. The van der Waals surface area contributed by atoms with Gasteiger partial charge in [-0.15, -0.1) is 0 Å². The van der Waals surface area contributed by atoms with Crippen LogP contribution < -0.4 is 9.04 Å². The Labute approximate surface area is 159 Å². The van der Waals surface area contributed by atoms with Gasteiger partial charge in [0.2, 0.25) is 0 Å². The molecule has 0 saturated heterocycles. The molecule has 2 aromatic carbocycles. The first-order valence-corrected chi connectivity index (χ1v) is 10.4. The Hall–Kier alpha value is -2.54. The Bertz CT molecular complexity index is 939. The van der Waals surface area contributed by atoms with Crippen molar-refractivity contribution in [2.24, 2.45) is 0 Å². The average Bonchev–Trinajstić information content (AvgIpc) is 2.71. The number of hydrogen-bond donors (Lipinski definition) is 0. The summed E-state index contributed by atoms with van der Waals surface area (Å²) >= 11 is 0. The molecule has 144 valence electrons. The first kappa shape index (κ1) is 19.2. The Morgan fingerprint density at radius 2 is 1.96 bits per heavy atom. The van der Waals surface area contributed by atoms with Crippen LogP contribution in [-0.2, 0) is 21.2 Å². The molecule has 2 aromatic rings. The molecule has 0 saturated carbocycles. The molecule has 0 atom stereocenters. The summed E-state index contributed by atoms with van der Waals surface area (Å²) in [5.74, 6) is -0.347. The highest BCUT2D eigenvalue weighted by molar-refractivity contribution is 7.93. The van der Waals surface area contributed by atoms with Crippen molar-refractivity contribution in [3.8, 4) is 5.75 Å². The Morgan fingerprint density at radius 1 is 1.19 bits per heavy atom. The smallest absolute Gasteiger partial charge is 0.338 e. The van der Waals surface area contributed by atoms with Crippen LogP contribution in [0.15, 0.2) is 47.4 Å². The van der Waals surface area contributed by atoms with Crippen molar-refractivity contribution < 1.29 is 22.7 Å². The van der Waals surface area contributed by atoms with E-state index >= 15 is 0 Å². The highest BCUT2D eigenvalue weighted by Crippen LogP contribution is 2.35. The van der Waals surface area contributed by atoms with Crippen molar-refractivity contribution in [2.75, 3.05) is 24.6 Å². The summed E-state index contributed by atoms with van der Waals surface area (Å²) in [6.45, 7) is 2.56. The quantitative estimate of drug-likeness (QED) is 0.708. The molecule has 0 fully saturated rings. The zero-order valence-corrected chi connectivity index (χ0v) is 16.3. The van der Waals surface area contributed by atoms with E-state index in [2.05, 4.69) is 0 Å². The molecule has 1 aliphatic heterocycles. The number of rotatable bonds is 6. The maximum Gasteiger partial charge on any atom is 0.338 e. The van der Waals surface area contributed by atoms with Gasteiger partial charge in [-0.25, -0.2) is 13.2 Å². The summed E-state index contributed by atoms with van der Waals surface area (Å²) in [4.78, 5) is 12.2. The van der Waals surface area contributed by atoms with Gasteiger partial charge in [-0.2, -0.15) is 0 Å². The molecule has 0 N–H and O–H groups in total. The zero-order chi connectivity index (χ0) is 19.4. The van der Waals surface area contributed by atoms with Crippen LogP contribution in [-0.4, -0.2) is 34.6 Å². The number of nitrogens with zero attached hydrogens (tertiary/aromatic N) is 1.